The summed E-state index contributed by atoms with van der Waals surface area (Å²) >= 11 is 0. The molecule has 0 saturated carbocycles. The summed E-state index contributed by atoms with van der Waals surface area (Å²) in [5.74, 6) is -1.21. The monoisotopic (exact) mass is 447 g/mol. The van der Waals surface area contributed by atoms with Crippen LogP contribution in [0.3, 0.4) is 0 Å². The van der Waals surface area contributed by atoms with Gasteiger partial charge in [-0.2, -0.15) is 13.2 Å². The Balaban J connectivity index is 0.000000423. The van der Waals surface area contributed by atoms with E-state index < -0.39 is 12.1 Å². The molecule has 2 N–H and O–H groups in total. The fourth-order valence-corrected chi connectivity index (χ4v) is 2.92. The molecule has 10 nitrogen and oxygen atoms in total. The highest BCUT2D eigenvalue weighted by molar-refractivity contribution is 5.92. The van der Waals surface area contributed by atoms with Gasteiger partial charge in [0.1, 0.15) is 17.3 Å². The average Bonchev–Trinajstić information content (AvgIpc) is 3.30. The second-order valence-electron chi connectivity index (χ2n) is 6.80. The molecule has 172 valence electrons. The summed E-state index contributed by atoms with van der Waals surface area (Å²) in [4.78, 5) is 27.9. The number of rotatable bonds is 6. The van der Waals surface area contributed by atoms with Gasteiger partial charge in [-0.15, -0.1) is 0 Å². The molecule has 0 saturated heterocycles. The second kappa shape index (κ2) is 10.4. The minimum absolute atomic E-state index is 0.108. The maximum Gasteiger partial charge on any atom is 0.490 e. The lowest BCUT2D eigenvalue weighted by molar-refractivity contribution is -0.192. The molecule has 1 atom stereocenters. The third-order valence-corrected chi connectivity index (χ3v) is 4.47. The molecule has 0 fully saturated rings. The molecule has 2 aromatic rings. The normalized spacial score (nSPS) is 16.3. The summed E-state index contributed by atoms with van der Waals surface area (Å²) in [6.07, 6.45) is -3.26. The van der Waals surface area contributed by atoms with Gasteiger partial charge in [0.05, 0.1) is 18.3 Å². The molecule has 1 aliphatic rings. The third kappa shape index (κ3) is 6.79. The molecule has 0 bridgehead atoms. The molecule has 0 radical (unpaired) electrons. The van der Waals surface area contributed by atoms with Gasteiger partial charge >= 0.3 is 12.1 Å². The van der Waals surface area contributed by atoms with Crippen LogP contribution >= 0.6 is 0 Å². The van der Waals surface area contributed by atoms with Gasteiger partial charge in [-0.1, -0.05) is 5.16 Å². The molecule has 1 unspecified atom stereocenters. The van der Waals surface area contributed by atoms with E-state index in [9.17, 15) is 18.0 Å². The number of carbonyl (C=O) groups is 2. The van der Waals surface area contributed by atoms with E-state index in [1.807, 2.05) is 19.2 Å². The Kier molecular flexibility index (Phi) is 8.16. The molecular weight excluding hydrogens is 423 g/mol. The first-order chi connectivity index (χ1) is 14.5. The zero-order valence-electron chi connectivity index (χ0n) is 17.3. The number of ether oxygens (including phenoxy) is 1. The van der Waals surface area contributed by atoms with Crippen molar-refractivity contribution in [2.24, 2.45) is 0 Å². The van der Waals surface area contributed by atoms with E-state index in [1.54, 1.807) is 7.11 Å². The van der Waals surface area contributed by atoms with Gasteiger partial charge in [0.15, 0.2) is 0 Å². The molecule has 31 heavy (non-hydrogen) atoms. The van der Waals surface area contributed by atoms with Crippen molar-refractivity contribution in [1.29, 1.82) is 0 Å². The maximum absolute atomic E-state index is 12.1. The van der Waals surface area contributed by atoms with Crippen LogP contribution < -0.4 is 5.32 Å². The van der Waals surface area contributed by atoms with Gasteiger partial charge in [-0.3, -0.25) is 9.69 Å². The van der Waals surface area contributed by atoms with Gasteiger partial charge in [0.2, 0.25) is 0 Å². The van der Waals surface area contributed by atoms with Crippen LogP contribution in [-0.2, 0) is 22.6 Å². The van der Waals surface area contributed by atoms with Crippen molar-refractivity contribution >= 4 is 11.9 Å². The van der Waals surface area contributed by atoms with E-state index >= 15 is 0 Å². The molecule has 3 heterocycles. The lowest BCUT2D eigenvalue weighted by atomic mass is 10.2. The SMILES string of the molecule is COCCNC(=O)c1cn2c(n1)C(C)N(Cc1cc(C)on1)CC2.O=C(O)C(F)(F)F. The van der Waals surface area contributed by atoms with Crippen LogP contribution in [0.5, 0.6) is 0 Å². The summed E-state index contributed by atoms with van der Waals surface area (Å²) in [5, 5.41) is 14.0. The number of aryl methyl sites for hydroxylation is 1. The van der Waals surface area contributed by atoms with Crippen LogP contribution in [-0.4, -0.2) is 69.6 Å². The highest BCUT2D eigenvalue weighted by Gasteiger charge is 2.38. The lowest BCUT2D eigenvalue weighted by Gasteiger charge is -2.32. The van der Waals surface area contributed by atoms with Crippen molar-refractivity contribution < 1.29 is 37.1 Å². The Morgan fingerprint density at radius 1 is 1.39 bits per heavy atom. The van der Waals surface area contributed by atoms with Gasteiger partial charge in [0.25, 0.3) is 5.91 Å². The van der Waals surface area contributed by atoms with Crippen molar-refractivity contribution in [3.63, 3.8) is 0 Å². The van der Waals surface area contributed by atoms with Gasteiger partial charge < -0.3 is 24.3 Å². The van der Waals surface area contributed by atoms with Crippen LogP contribution in [0.4, 0.5) is 13.2 Å². The van der Waals surface area contributed by atoms with E-state index in [2.05, 4.69) is 31.8 Å². The fraction of sp³-hybridized carbons (Fsp3) is 0.556. The number of aromatic nitrogens is 3. The van der Waals surface area contributed by atoms with Crippen molar-refractivity contribution in [2.75, 3.05) is 26.8 Å². The van der Waals surface area contributed by atoms with Crippen molar-refractivity contribution in [1.82, 2.24) is 24.9 Å². The van der Waals surface area contributed by atoms with E-state index in [0.29, 0.717) is 25.4 Å². The number of nitrogens with zero attached hydrogens (tertiary/aromatic N) is 4. The highest BCUT2D eigenvalue weighted by Crippen LogP contribution is 2.26. The Morgan fingerprint density at radius 3 is 2.61 bits per heavy atom. The number of aliphatic carboxylic acids is 1. The molecule has 2 aromatic heterocycles. The number of nitrogens with one attached hydrogen (secondary N) is 1. The third-order valence-electron chi connectivity index (χ3n) is 4.47. The molecule has 1 amide bonds. The number of imidazole rings is 1. The van der Waals surface area contributed by atoms with Crippen LogP contribution in [0.15, 0.2) is 16.8 Å². The summed E-state index contributed by atoms with van der Waals surface area (Å²) in [5.41, 5.74) is 1.36. The van der Waals surface area contributed by atoms with E-state index in [0.717, 1.165) is 30.4 Å². The van der Waals surface area contributed by atoms with Gasteiger partial charge in [0, 0.05) is 45.6 Å². The summed E-state index contributed by atoms with van der Waals surface area (Å²) in [6.45, 7) is 7.33. The molecule has 3 rings (SSSR count). The maximum atomic E-state index is 12.1. The largest absolute Gasteiger partial charge is 0.490 e. The number of carboxylic acids is 1. The van der Waals surface area contributed by atoms with Crippen molar-refractivity contribution in [3.05, 3.63) is 35.2 Å². The average molecular weight is 447 g/mol. The summed E-state index contributed by atoms with van der Waals surface area (Å²) in [6, 6.07) is 2.05. The summed E-state index contributed by atoms with van der Waals surface area (Å²) in [7, 11) is 1.61. The standard InChI is InChI=1S/C16H23N5O3.C2HF3O2/c1-11-8-13(19-24-11)9-20-5-6-21-10-14(18-15(21)12(20)2)16(22)17-4-7-23-3;3-2(4,5)1(6)7/h8,10,12H,4-7,9H2,1-3H3,(H,17,22);(H,6,7). The first kappa shape index (κ1) is 24.3. The first-order valence-electron chi connectivity index (χ1n) is 9.33. The number of methoxy groups -OCH3 is 1. The lowest BCUT2D eigenvalue weighted by Crippen LogP contribution is -2.36. The van der Waals surface area contributed by atoms with Gasteiger partial charge in [-0.05, 0) is 13.8 Å². The minimum Gasteiger partial charge on any atom is -0.475 e. The minimum atomic E-state index is -5.08. The first-order valence-corrected chi connectivity index (χ1v) is 9.33. The number of alkyl halides is 3. The number of carboxylic acid groups (broad SMARTS) is 1. The van der Waals surface area contributed by atoms with Crippen molar-refractivity contribution in [3.8, 4) is 0 Å². The van der Waals surface area contributed by atoms with E-state index in [-0.39, 0.29) is 11.9 Å². The van der Waals surface area contributed by atoms with E-state index in [1.165, 1.54) is 0 Å². The Labute approximate surface area is 176 Å². The predicted octanol–water partition coefficient (Wildman–Crippen LogP) is 1.77. The molecule has 1 aliphatic heterocycles. The Morgan fingerprint density at radius 2 is 2.06 bits per heavy atom. The molecule has 0 aliphatic carbocycles. The zero-order chi connectivity index (χ0) is 23.2. The number of hydrogen-bond acceptors (Lipinski definition) is 7. The molecular formula is C18H24F3N5O5. The quantitative estimate of drug-likeness (QED) is 0.643. The zero-order valence-corrected chi connectivity index (χ0v) is 17.3. The van der Waals surface area contributed by atoms with Crippen LogP contribution in [0.1, 0.15) is 40.7 Å². The van der Waals surface area contributed by atoms with Crippen LogP contribution in [0.2, 0.25) is 0 Å². The Bertz CT molecular complexity index is 896. The number of fused-ring (bicyclic) bond motifs is 1. The number of hydrogen-bond donors (Lipinski definition) is 2. The van der Waals surface area contributed by atoms with Crippen LogP contribution in [0.25, 0.3) is 0 Å². The number of amides is 1. The molecule has 13 heteroatoms. The number of halogens is 3. The van der Waals surface area contributed by atoms with Crippen LogP contribution in [0, 0.1) is 6.92 Å². The smallest absolute Gasteiger partial charge is 0.475 e. The van der Waals surface area contributed by atoms with E-state index in [4.69, 9.17) is 19.2 Å². The highest BCUT2D eigenvalue weighted by atomic mass is 19.4. The number of carbonyl (C=O) groups excluding carboxylic acids is 1. The molecule has 0 spiro atoms. The summed E-state index contributed by atoms with van der Waals surface area (Å²) < 4.78 is 43.9. The molecule has 0 aromatic carbocycles. The van der Waals surface area contributed by atoms with Gasteiger partial charge in [-0.25, -0.2) is 9.78 Å². The van der Waals surface area contributed by atoms with Crippen molar-refractivity contribution in [2.45, 2.75) is 39.2 Å². The predicted molar refractivity (Wildman–Crippen MR) is 100 cm³/mol. The fourth-order valence-electron chi connectivity index (χ4n) is 2.92. The second-order valence-corrected chi connectivity index (χ2v) is 6.80. The Hall–Kier alpha value is -2.93. The topological polar surface area (TPSA) is 123 Å².